The molecule has 2 fully saturated rings. The first-order chi connectivity index (χ1) is 11.5. The standard InChI is InChI=1S/C18H26N4O2/c1-3-14-5-16-13(4-12(8-19-16)17(23)20-24)9-22(14)15-6-18(7-15)10-21(2)11-18/h4,8,14-15,24H,3,5-7,9-11H2,1-2H3,(H,20,23). The zero-order valence-electron chi connectivity index (χ0n) is 14.5. The lowest BCUT2D eigenvalue weighted by atomic mass is 9.60. The van der Waals surface area contributed by atoms with Crippen LogP contribution < -0.4 is 5.48 Å². The molecule has 2 aliphatic heterocycles. The second-order valence-corrected chi connectivity index (χ2v) is 7.94. The zero-order chi connectivity index (χ0) is 16.9. The molecule has 1 saturated carbocycles. The van der Waals surface area contributed by atoms with E-state index in [9.17, 15) is 4.79 Å². The largest absolute Gasteiger partial charge is 0.305 e. The molecule has 2 N–H and O–H groups in total. The highest BCUT2D eigenvalue weighted by molar-refractivity contribution is 5.93. The first-order valence-electron chi connectivity index (χ1n) is 8.90. The molecule has 3 aliphatic rings. The minimum atomic E-state index is -0.491. The average molecular weight is 330 g/mol. The Morgan fingerprint density at radius 3 is 2.83 bits per heavy atom. The van der Waals surface area contributed by atoms with Gasteiger partial charge in [0.1, 0.15) is 0 Å². The van der Waals surface area contributed by atoms with Crippen molar-refractivity contribution in [3.63, 3.8) is 0 Å². The fraction of sp³-hybridized carbons (Fsp3) is 0.667. The summed E-state index contributed by atoms with van der Waals surface area (Å²) >= 11 is 0. The molecule has 1 aromatic heterocycles. The molecule has 1 unspecified atom stereocenters. The van der Waals surface area contributed by atoms with Crippen LogP contribution in [0.1, 0.15) is 47.8 Å². The number of nitrogens with zero attached hydrogens (tertiary/aromatic N) is 3. The van der Waals surface area contributed by atoms with E-state index in [-0.39, 0.29) is 0 Å². The second kappa shape index (κ2) is 5.79. The summed E-state index contributed by atoms with van der Waals surface area (Å²) < 4.78 is 0. The number of amides is 1. The van der Waals surface area contributed by atoms with Gasteiger partial charge in [-0.1, -0.05) is 6.92 Å². The van der Waals surface area contributed by atoms with Crippen LogP contribution in [-0.2, 0) is 13.0 Å². The molecule has 1 saturated heterocycles. The maximum absolute atomic E-state index is 11.6. The Morgan fingerprint density at radius 2 is 2.21 bits per heavy atom. The van der Waals surface area contributed by atoms with Gasteiger partial charge in [0.15, 0.2) is 0 Å². The molecular weight excluding hydrogens is 304 g/mol. The highest BCUT2D eigenvalue weighted by Crippen LogP contribution is 2.51. The van der Waals surface area contributed by atoms with E-state index in [0.717, 1.165) is 30.6 Å². The summed E-state index contributed by atoms with van der Waals surface area (Å²) in [6, 6.07) is 3.09. The number of aromatic nitrogens is 1. The van der Waals surface area contributed by atoms with Crippen molar-refractivity contribution in [2.24, 2.45) is 5.41 Å². The molecule has 1 amide bonds. The molecule has 4 rings (SSSR count). The minimum Gasteiger partial charge on any atom is -0.305 e. The number of pyridine rings is 1. The van der Waals surface area contributed by atoms with Crippen LogP contribution in [0.5, 0.6) is 0 Å². The molecule has 130 valence electrons. The molecule has 1 spiro atoms. The summed E-state index contributed by atoms with van der Waals surface area (Å²) in [6.07, 6.45) is 6.25. The summed E-state index contributed by atoms with van der Waals surface area (Å²) in [6.45, 7) is 5.60. The fourth-order valence-electron chi connectivity index (χ4n) is 5.05. The second-order valence-electron chi connectivity index (χ2n) is 7.94. The summed E-state index contributed by atoms with van der Waals surface area (Å²) in [5.41, 5.74) is 4.94. The highest BCUT2D eigenvalue weighted by atomic mass is 16.5. The van der Waals surface area contributed by atoms with Crippen LogP contribution in [0.2, 0.25) is 0 Å². The Morgan fingerprint density at radius 1 is 1.46 bits per heavy atom. The van der Waals surface area contributed by atoms with E-state index in [2.05, 4.69) is 28.8 Å². The van der Waals surface area contributed by atoms with Crippen LogP contribution in [0.25, 0.3) is 0 Å². The summed E-state index contributed by atoms with van der Waals surface area (Å²) in [5, 5.41) is 8.83. The molecule has 3 heterocycles. The van der Waals surface area contributed by atoms with Crippen molar-refractivity contribution in [1.82, 2.24) is 20.3 Å². The Balaban J connectivity index is 1.51. The Kier molecular flexibility index (Phi) is 3.86. The Hall–Kier alpha value is -1.50. The third-order valence-corrected chi connectivity index (χ3v) is 6.16. The van der Waals surface area contributed by atoms with Gasteiger partial charge in [0, 0.05) is 50.0 Å². The van der Waals surface area contributed by atoms with Crippen molar-refractivity contribution in [2.75, 3.05) is 20.1 Å². The van der Waals surface area contributed by atoms with Gasteiger partial charge in [0.2, 0.25) is 0 Å². The zero-order valence-corrected chi connectivity index (χ0v) is 14.5. The molecule has 0 aromatic carbocycles. The van der Waals surface area contributed by atoms with E-state index >= 15 is 0 Å². The first kappa shape index (κ1) is 16.0. The third-order valence-electron chi connectivity index (χ3n) is 6.16. The van der Waals surface area contributed by atoms with E-state index in [0.29, 0.717) is 23.1 Å². The molecule has 6 nitrogen and oxygen atoms in total. The molecule has 1 aromatic rings. The van der Waals surface area contributed by atoms with Crippen molar-refractivity contribution >= 4 is 5.91 Å². The average Bonchev–Trinajstić information content (AvgIpc) is 2.54. The van der Waals surface area contributed by atoms with E-state index in [1.165, 1.54) is 25.9 Å². The number of carbonyl (C=O) groups is 1. The van der Waals surface area contributed by atoms with Crippen molar-refractivity contribution in [2.45, 2.75) is 51.2 Å². The topological polar surface area (TPSA) is 68.7 Å². The van der Waals surface area contributed by atoms with Gasteiger partial charge in [-0.25, -0.2) is 5.48 Å². The maximum Gasteiger partial charge on any atom is 0.276 e. The number of hydroxylamine groups is 1. The van der Waals surface area contributed by atoms with Crippen LogP contribution in [0.3, 0.4) is 0 Å². The summed E-state index contributed by atoms with van der Waals surface area (Å²) in [4.78, 5) is 21.2. The lowest BCUT2D eigenvalue weighted by Crippen LogP contribution is -2.66. The van der Waals surface area contributed by atoms with E-state index in [1.807, 2.05) is 6.07 Å². The number of nitrogens with one attached hydrogen (secondary N) is 1. The summed E-state index contributed by atoms with van der Waals surface area (Å²) in [7, 11) is 2.20. The molecule has 0 bridgehead atoms. The molecule has 24 heavy (non-hydrogen) atoms. The lowest BCUT2D eigenvalue weighted by Gasteiger charge is -2.61. The van der Waals surface area contributed by atoms with Crippen LogP contribution >= 0.6 is 0 Å². The van der Waals surface area contributed by atoms with Gasteiger partial charge in [0.25, 0.3) is 5.91 Å². The van der Waals surface area contributed by atoms with Gasteiger partial charge in [-0.2, -0.15) is 0 Å². The molecule has 1 atom stereocenters. The van der Waals surface area contributed by atoms with Crippen LogP contribution in [0.15, 0.2) is 12.3 Å². The van der Waals surface area contributed by atoms with Crippen molar-refractivity contribution in [1.29, 1.82) is 0 Å². The van der Waals surface area contributed by atoms with Gasteiger partial charge >= 0.3 is 0 Å². The number of fused-ring (bicyclic) bond motifs is 1. The van der Waals surface area contributed by atoms with Gasteiger partial charge in [0.05, 0.1) is 5.56 Å². The van der Waals surface area contributed by atoms with Crippen molar-refractivity contribution < 1.29 is 10.0 Å². The van der Waals surface area contributed by atoms with E-state index < -0.39 is 5.91 Å². The Labute approximate surface area is 142 Å². The van der Waals surface area contributed by atoms with Crippen LogP contribution in [-0.4, -0.2) is 58.1 Å². The number of carbonyl (C=O) groups excluding carboxylic acids is 1. The molecule has 1 aliphatic carbocycles. The van der Waals surface area contributed by atoms with Gasteiger partial charge in [-0.3, -0.25) is 19.9 Å². The maximum atomic E-state index is 11.6. The van der Waals surface area contributed by atoms with Gasteiger partial charge in [-0.15, -0.1) is 0 Å². The monoisotopic (exact) mass is 330 g/mol. The smallest absolute Gasteiger partial charge is 0.276 e. The molecule has 6 heteroatoms. The number of hydrogen-bond donors (Lipinski definition) is 2. The first-order valence-corrected chi connectivity index (χ1v) is 8.90. The number of rotatable bonds is 3. The minimum absolute atomic E-state index is 0.428. The van der Waals surface area contributed by atoms with Crippen molar-refractivity contribution in [3.05, 3.63) is 29.1 Å². The quantitative estimate of drug-likeness (QED) is 0.648. The highest BCUT2D eigenvalue weighted by Gasteiger charge is 2.53. The van der Waals surface area contributed by atoms with Crippen LogP contribution in [0, 0.1) is 5.41 Å². The number of likely N-dealkylation sites (tertiary alicyclic amines) is 1. The summed E-state index contributed by atoms with van der Waals surface area (Å²) in [5.74, 6) is -0.491. The fourth-order valence-corrected chi connectivity index (χ4v) is 5.05. The lowest BCUT2D eigenvalue weighted by molar-refractivity contribution is -0.112. The van der Waals surface area contributed by atoms with Gasteiger partial charge in [-0.05, 0) is 43.4 Å². The molecular formula is C18H26N4O2. The van der Waals surface area contributed by atoms with Gasteiger partial charge < -0.3 is 4.90 Å². The van der Waals surface area contributed by atoms with Crippen molar-refractivity contribution in [3.8, 4) is 0 Å². The number of hydrogen-bond acceptors (Lipinski definition) is 5. The third kappa shape index (κ3) is 2.53. The predicted octanol–water partition coefficient (Wildman–Crippen LogP) is 1.43. The predicted molar refractivity (Wildman–Crippen MR) is 89.8 cm³/mol. The normalized spacial score (nSPS) is 26.5. The SMILES string of the molecule is CCC1Cc2ncc(C(=O)NO)cc2CN1C1CC2(C1)CN(C)C2. The van der Waals surface area contributed by atoms with E-state index in [4.69, 9.17) is 5.21 Å². The molecule has 0 radical (unpaired) electrons. The van der Waals surface area contributed by atoms with E-state index in [1.54, 1.807) is 11.7 Å². The Bertz CT molecular complexity index is 648. The van der Waals surface area contributed by atoms with Crippen LogP contribution in [0.4, 0.5) is 0 Å².